The van der Waals surface area contributed by atoms with Gasteiger partial charge in [-0.3, -0.25) is 0 Å². The van der Waals surface area contributed by atoms with Gasteiger partial charge < -0.3 is 9.84 Å². The van der Waals surface area contributed by atoms with Crippen LogP contribution in [0.4, 0.5) is 0 Å². The summed E-state index contributed by atoms with van der Waals surface area (Å²) in [6.07, 6.45) is 3.34. The molecule has 17 heavy (non-hydrogen) atoms. The Labute approximate surface area is 105 Å². The third-order valence-electron chi connectivity index (χ3n) is 2.50. The van der Waals surface area contributed by atoms with Crippen molar-refractivity contribution in [2.75, 3.05) is 6.61 Å². The maximum Gasteiger partial charge on any atom is 0.119 e. The quantitative estimate of drug-likeness (QED) is 0.787. The minimum absolute atomic E-state index is 0.273. The molecule has 0 fully saturated rings. The smallest absolute Gasteiger partial charge is 0.119 e. The van der Waals surface area contributed by atoms with Crippen molar-refractivity contribution >= 4 is 11.3 Å². The van der Waals surface area contributed by atoms with Gasteiger partial charge in [-0.05, 0) is 55.0 Å². The van der Waals surface area contributed by atoms with Crippen LogP contribution in [0.5, 0.6) is 11.5 Å². The van der Waals surface area contributed by atoms with E-state index in [1.165, 1.54) is 4.88 Å². The molecule has 90 valence electrons. The number of ether oxygens (including phenoxy) is 1. The van der Waals surface area contributed by atoms with E-state index in [-0.39, 0.29) is 5.75 Å². The largest absolute Gasteiger partial charge is 0.508 e. The molecule has 0 saturated carbocycles. The third kappa shape index (κ3) is 4.11. The van der Waals surface area contributed by atoms with Crippen LogP contribution in [-0.2, 0) is 6.42 Å². The van der Waals surface area contributed by atoms with E-state index in [4.69, 9.17) is 9.84 Å². The van der Waals surface area contributed by atoms with Gasteiger partial charge in [0.2, 0.25) is 0 Å². The first-order valence-corrected chi connectivity index (χ1v) is 6.67. The first-order valence-electron chi connectivity index (χ1n) is 5.79. The Morgan fingerprint density at radius 1 is 1.06 bits per heavy atom. The van der Waals surface area contributed by atoms with E-state index in [0.717, 1.165) is 31.6 Å². The van der Waals surface area contributed by atoms with E-state index < -0.39 is 0 Å². The molecule has 0 saturated heterocycles. The number of aryl methyl sites for hydroxylation is 1. The lowest BCUT2D eigenvalue weighted by Crippen LogP contribution is -1.97. The van der Waals surface area contributed by atoms with Crippen LogP contribution in [0.3, 0.4) is 0 Å². The molecule has 0 bridgehead atoms. The van der Waals surface area contributed by atoms with Crippen LogP contribution >= 0.6 is 11.3 Å². The van der Waals surface area contributed by atoms with Crippen LogP contribution < -0.4 is 4.74 Å². The highest BCUT2D eigenvalue weighted by Crippen LogP contribution is 2.16. The first kappa shape index (κ1) is 12.0. The summed E-state index contributed by atoms with van der Waals surface area (Å²) in [5.41, 5.74) is 0. The topological polar surface area (TPSA) is 29.5 Å². The van der Waals surface area contributed by atoms with E-state index in [0.29, 0.717) is 0 Å². The molecule has 1 aromatic heterocycles. The van der Waals surface area contributed by atoms with Gasteiger partial charge in [-0.15, -0.1) is 11.3 Å². The molecule has 0 unspecified atom stereocenters. The molecule has 0 aliphatic heterocycles. The van der Waals surface area contributed by atoms with Gasteiger partial charge in [0.1, 0.15) is 11.5 Å². The Hall–Kier alpha value is -1.48. The van der Waals surface area contributed by atoms with Gasteiger partial charge in [0, 0.05) is 4.88 Å². The van der Waals surface area contributed by atoms with Gasteiger partial charge in [0.05, 0.1) is 6.61 Å². The summed E-state index contributed by atoms with van der Waals surface area (Å²) in [6.45, 7) is 0.732. The lowest BCUT2D eigenvalue weighted by atomic mass is 10.2. The number of phenolic OH excluding ortho intramolecular Hbond substituents is 1. The number of unbranched alkanes of at least 4 members (excludes halogenated alkanes) is 1. The Kier molecular flexibility index (Phi) is 4.45. The number of hydrogen-bond donors (Lipinski definition) is 1. The number of hydrogen-bond acceptors (Lipinski definition) is 3. The van der Waals surface area contributed by atoms with Crippen LogP contribution in [0, 0.1) is 0 Å². The van der Waals surface area contributed by atoms with Crippen LogP contribution in [-0.4, -0.2) is 11.7 Å². The monoisotopic (exact) mass is 248 g/mol. The summed E-state index contributed by atoms with van der Waals surface area (Å²) < 4.78 is 5.57. The fraction of sp³-hybridized carbons (Fsp3) is 0.286. The van der Waals surface area contributed by atoms with Gasteiger partial charge in [-0.2, -0.15) is 0 Å². The second-order valence-electron chi connectivity index (χ2n) is 3.88. The second-order valence-corrected chi connectivity index (χ2v) is 4.91. The predicted molar refractivity (Wildman–Crippen MR) is 70.9 cm³/mol. The van der Waals surface area contributed by atoms with Crippen molar-refractivity contribution < 1.29 is 9.84 Å². The first-order chi connectivity index (χ1) is 8.34. The lowest BCUT2D eigenvalue weighted by Gasteiger charge is -2.05. The summed E-state index contributed by atoms with van der Waals surface area (Å²) in [7, 11) is 0. The Bertz CT molecular complexity index is 420. The molecule has 0 atom stereocenters. The Morgan fingerprint density at radius 2 is 1.88 bits per heavy atom. The molecule has 0 spiro atoms. The number of rotatable bonds is 6. The van der Waals surface area contributed by atoms with Crippen LogP contribution in [0.1, 0.15) is 17.7 Å². The van der Waals surface area contributed by atoms with Crippen LogP contribution in [0.25, 0.3) is 0 Å². The van der Waals surface area contributed by atoms with Crippen molar-refractivity contribution in [3.63, 3.8) is 0 Å². The number of thiophene rings is 1. The summed E-state index contributed by atoms with van der Waals surface area (Å²) in [5.74, 6) is 1.09. The van der Waals surface area contributed by atoms with Crippen molar-refractivity contribution in [1.82, 2.24) is 0 Å². The molecule has 0 aliphatic rings. The summed E-state index contributed by atoms with van der Waals surface area (Å²) in [5, 5.41) is 11.2. The fourth-order valence-corrected chi connectivity index (χ4v) is 2.34. The predicted octanol–water partition coefficient (Wildman–Crippen LogP) is 3.86. The molecule has 1 aromatic carbocycles. The summed E-state index contributed by atoms with van der Waals surface area (Å²) >= 11 is 1.81. The van der Waals surface area contributed by atoms with Gasteiger partial charge >= 0.3 is 0 Å². The second kappa shape index (κ2) is 6.30. The van der Waals surface area contributed by atoms with E-state index in [1.54, 1.807) is 24.3 Å². The standard InChI is InChI=1S/C14H16O2S/c15-12-6-8-13(9-7-12)16-10-2-1-4-14-5-3-11-17-14/h3,5-9,11,15H,1-2,4,10H2. The Balaban J connectivity index is 1.61. The van der Waals surface area contributed by atoms with Crippen molar-refractivity contribution in [1.29, 1.82) is 0 Å². The zero-order valence-corrected chi connectivity index (χ0v) is 10.5. The molecule has 1 N–H and O–H groups in total. The number of benzene rings is 1. The van der Waals surface area contributed by atoms with E-state index in [9.17, 15) is 0 Å². The van der Waals surface area contributed by atoms with Crippen LogP contribution in [0.15, 0.2) is 41.8 Å². The zero-order chi connectivity index (χ0) is 11.9. The van der Waals surface area contributed by atoms with E-state index in [1.807, 2.05) is 11.3 Å². The highest BCUT2D eigenvalue weighted by Gasteiger charge is 1.96. The molecule has 0 aliphatic carbocycles. The molecular weight excluding hydrogens is 232 g/mol. The molecule has 1 heterocycles. The van der Waals surface area contributed by atoms with Gasteiger partial charge in [-0.1, -0.05) is 6.07 Å². The fourth-order valence-electron chi connectivity index (χ4n) is 1.59. The normalized spacial score (nSPS) is 10.4. The third-order valence-corrected chi connectivity index (χ3v) is 3.44. The van der Waals surface area contributed by atoms with E-state index in [2.05, 4.69) is 17.5 Å². The SMILES string of the molecule is Oc1ccc(OCCCCc2cccs2)cc1. The highest BCUT2D eigenvalue weighted by atomic mass is 32.1. The maximum atomic E-state index is 9.12. The number of aromatic hydroxyl groups is 1. The minimum Gasteiger partial charge on any atom is -0.508 e. The minimum atomic E-state index is 0.273. The zero-order valence-electron chi connectivity index (χ0n) is 9.63. The van der Waals surface area contributed by atoms with Crippen LogP contribution in [0.2, 0.25) is 0 Å². The lowest BCUT2D eigenvalue weighted by molar-refractivity contribution is 0.306. The van der Waals surface area contributed by atoms with Crippen molar-refractivity contribution in [2.45, 2.75) is 19.3 Å². The van der Waals surface area contributed by atoms with Gasteiger partial charge in [-0.25, -0.2) is 0 Å². The van der Waals surface area contributed by atoms with Crippen molar-refractivity contribution in [3.05, 3.63) is 46.7 Å². The maximum absolute atomic E-state index is 9.12. The van der Waals surface area contributed by atoms with Crippen molar-refractivity contribution in [2.24, 2.45) is 0 Å². The molecule has 3 heteroatoms. The Morgan fingerprint density at radius 3 is 2.59 bits per heavy atom. The summed E-state index contributed by atoms with van der Waals surface area (Å²) in [6, 6.07) is 11.1. The summed E-state index contributed by atoms with van der Waals surface area (Å²) in [4.78, 5) is 1.44. The highest BCUT2D eigenvalue weighted by molar-refractivity contribution is 7.09. The number of phenols is 1. The molecular formula is C14H16O2S. The average Bonchev–Trinajstić information content (AvgIpc) is 2.84. The molecule has 0 radical (unpaired) electrons. The van der Waals surface area contributed by atoms with Gasteiger partial charge in [0.25, 0.3) is 0 Å². The van der Waals surface area contributed by atoms with E-state index >= 15 is 0 Å². The molecule has 0 amide bonds. The van der Waals surface area contributed by atoms with Crippen molar-refractivity contribution in [3.8, 4) is 11.5 Å². The van der Waals surface area contributed by atoms with Gasteiger partial charge in [0.15, 0.2) is 0 Å². The molecule has 2 aromatic rings. The molecule has 2 nitrogen and oxygen atoms in total. The average molecular weight is 248 g/mol. The molecule has 2 rings (SSSR count).